The number of carbonyl (C=O) groups excluding carboxylic acids is 1. The fourth-order valence-electron chi connectivity index (χ4n) is 2.67. The maximum absolute atomic E-state index is 12.7. The first-order valence-electron chi connectivity index (χ1n) is 8.53. The van der Waals surface area contributed by atoms with Crippen LogP contribution in [0.25, 0.3) is 22.2 Å². The van der Waals surface area contributed by atoms with Gasteiger partial charge in [0.25, 0.3) is 5.91 Å². The van der Waals surface area contributed by atoms with Crippen LogP contribution in [-0.4, -0.2) is 29.7 Å². The number of benzene rings is 2. The number of hydrazine groups is 1. The Balaban J connectivity index is 2.04. The van der Waals surface area contributed by atoms with Gasteiger partial charge >= 0.3 is 0 Å². The zero-order valence-electron chi connectivity index (χ0n) is 15.1. The van der Waals surface area contributed by atoms with E-state index in [-0.39, 0.29) is 5.91 Å². The summed E-state index contributed by atoms with van der Waals surface area (Å²) in [6.07, 6.45) is 0. The maximum Gasteiger partial charge on any atom is 0.270 e. The van der Waals surface area contributed by atoms with Gasteiger partial charge < -0.3 is 10.1 Å². The number of hydrogen-bond donors (Lipinski definition) is 3. The molecule has 7 heteroatoms. The lowest BCUT2D eigenvalue weighted by molar-refractivity contribution is 0.0945. The molecule has 6 nitrogen and oxygen atoms in total. The van der Waals surface area contributed by atoms with Crippen molar-refractivity contribution in [1.29, 1.82) is 0 Å². The summed E-state index contributed by atoms with van der Waals surface area (Å²) in [5, 5.41) is 3.83. The van der Waals surface area contributed by atoms with Crippen LogP contribution < -0.4 is 20.9 Å². The van der Waals surface area contributed by atoms with Crippen LogP contribution in [0.3, 0.4) is 0 Å². The van der Waals surface area contributed by atoms with E-state index in [1.165, 1.54) is 0 Å². The van der Waals surface area contributed by atoms with Gasteiger partial charge in [0.05, 0.1) is 23.4 Å². The number of para-hydroxylation sites is 1. The molecule has 0 unspecified atom stereocenters. The number of rotatable bonds is 4. The molecule has 0 aliphatic heterocycles. The van der Waals surface area contributed by atoms with Crippen molar-refractivity contribution in [2.45, 2.75) is 6.92 Å². The fraction of sp³-hybridized carbons (Fsp3) is 0.150. The van der Waals surface area contributed by atoms with Crippen molar-refractivity contribution in [1.82, 2.24) is 21.2 Å². The van der Waals surface area contributed by atoms with Gasteiger partial charge in [0.15, 0.2) is 5.11 Å². The number of hydrogen-bond acceptors (Lipinski definition) is 4. The highest BCUT2D eigenvalue weighted by Gasteiger charge is 2.14. The van der Waals surface area contributed by atoms with Gasteiger partial charge in [-0.2, -0.15) is 0 Å². The third kappa shape index (κ3) is 4.32. The van der Waals surface area contributed by atoms with Crippen molar-refractivity contribution in [3.05, 3.63) is 60.2 Å². The Kier molecular flexibility index (Phi) is 5.83. The number of ether oxygens (including phenoxy) is 1. The fourth-order valence-corrected chi connectivity index (χ4v) is 2.72. The summed E-state index contributed by atoms with van der Waals surface area (Å²) in [6, 6.07) is 16.9. The van der Waals surface area contributed by atoms with Gasteiger partial charge in [-0.05, 0) is 43.4 Å². The van der Waals surface area contributed by atoms with E-state index >= 15 is 0 Å². The summed E-state index contributed by atoms with van der Waals surface area (Å²) in [5.74, 6) is 0.463. The smallest absolute Gasteiger partial charge is 0.270 e. The van der Waals surface area contributed by atoms with E-state index in [9.17, 15) is 4.79 Å². The van der Waals surface area contributed by atoms with E-state index in [0.717, 1.165) is 22.2 Å². The molecule has 3 rings (SSSR count). The van der Waals surface area contributed by atoms with Crippen molar-refractivity contribution in [3.8, 4) is 17.0 Å². The van der Waals surface area contributed by atoms with Gasteiger partial charge in [-0.3, -0.25) is 15.6 Å². The average molecular weight is 380 g/mol. The summed E-state index contributed by atoms with van der Waals surface area (Å²) in [7, 11) is 1.67. The third-order valence-electron chi connectivity index (χ3n) is 3.92. The highest BCUT2D eigenvalue weighted by molar-refractivity contribution is 7.80. The number of aromatic nitrogens is 1. The standard InChI is InChI=1S/C20H20N4O2S/c1-3-26-14-8-6-7-13(11-14)18-12-16(19(25)23-24-20(27)21-2)15-9-4-5-10-17(15)22-18/h4-12H,3H2,1-2H3,(H,23,25)(H2,21,24,27). The molecule has 0 aliphatic rings. The van der Waals surface area contributed by atoms with E-state index in [4.69, 9.17) is 21.9 Å². The highest BCUT2D eigenvalue weighted by Crippen LogP contribution is 2.27. The summed E-state index contributed by atoms with van der Waals surface area (Å²) in [5.41, 5.74) is 8.07. The SMILES string of the molecule is CCOc1cccc(-c2cc(C(=O)NNC(=S)NC)c3ccccc3n2)c1. The Morgan fingerprint density at radius 1 is 1.11 bits per heavy atom. The van der Waals surface area contributed by atoms with Crippen LogP contribution >= 0.6 is 12.2 Å². The molecule has 1 amide bonds. The lowest BCUT2D eigenvalue weighted by Crippen LogP contribution is -2.45. The summed E-state index contributed by atoms with van der Waals surface area (Å²) in [6.45, 7) is 2.52. The monoisotopic (exact) mass is 380 g/mol. The Morgan fingerprint density at radius 2 is 1.93 bits per heavy atom. The van der Waals surface area contributed by atoms with Gasteiger partial charge in [-0.15, -0.1) is 0 Å². The van der Waals surface area contributed by atoms with Crippen LogP contribution in [0, 0.1) is 0 Å². The highest BCUT2D eigenvalue weighted by atomic mass is 32.1. The van der Waals surface area contributed by atoms with Crippen LogP contribution in [0.1, 0.15) is 17.3 Å². The second-order valence-electron chi connectivity index (χ2n) is 5.69. The molecular weight excluding hydrogens is 360 g/mol. The lowest BCUT2D eigenvalue weighted by Gasteiger charge is -2.12. The molecule has 3 aromatic rings. The molecule has 0 fully saturated rings. The number of carbonyl (C=O) groups is 1. The number of amides is 1. The second kappa shape index (κ2) is 8.46. The number of nitrogens with zero attached hydrogens (tertiary/aromatic N) is 1. The van der Waals surface area contributed by atoms with Gasteiger partial charge in [0.1, 0.15) is 5.75 Å². The summed E-state index contributed by atoms with van der Waals surface area (Å²) >= 11 is 5.00. The first-order valence-corrected chi connectivity index (χ1v) is 8.94. The molecule has 0 aliphatic carbocycles. The molecule has 0 saturated heterocycles. The molecule has 0 spiro atoms. The molecule has 27 heavy (non-hydrogen) atoms. The van der Waals surface area contributed by atoms with Crippen molar-refractivity contribution in [3.63, 3.8) is 0 Å². The van der Waals surface area contributed by atoms with Crippen LogP contribution in [0.4, 0.5) is 0 Å². The van der Waals surface area contributed by atoms with Crippen LogP contribution in [-0.2, 0) is 0 Å². The van der Waals surface area contributed by atoms with Crippen molar-refractivity contribution in [2.24, 2.45) is 0 Å². The third-order valence-corrected chi connectivity index (χ3v) is 4.22. The van der Waals surface area contributed by atoms with E-state index in [0.29, 0.717) is 23.0 Å². The van der Waals surface area contributed by atoms with Crippen LogP contribution in [0.15, 0.2) is 54.6 Å². The van der Waals surface area contributed by atoms with E-state index < -0.39 is 0 Å². The van der Waals surface area contributed by atoms with Gasteiger partial charge in [-0.1, -0.05) is 30.3 Å². The lowest BCUT2D eigenvalue weighted by atomic mass is 10.0. The molecule has 0 saturated carbocycles. The largest absolute Gasteiger partial charge is 0.494 e. The summed E-state index contributed by atoms with van der Waals surface area (Å²) < 4.78 is 5.57. The minimum Gasteiger partial charge on any atom is -0.494 e. The Hall–Kier alpha value is -3.19. The molecule has 2 aromatic carbocycles. The van der Waals surface area contributed by atoms with Crippen molar-refractivity contribution >= 4 is 34.1 Å². The molecule has 0 bridgehead atoms. The molecule has 3 N–H and O–H groups in total. The van der Waals surface area contributed by atoms with Gasteiger partial charge in [0, 0.05) is 18.0 Å². The Morgan fingerprint density at radius 3 is 2.70 bits per heavy atom. The minimum absolute atomic E-state index is 0.298. The topological polar surface area (TPSA) is 75.3 Å². The Bertz CT molecular complexity index is 991. The van der Waals surface area contributed by atoms with Crippen molar-refractivity contribution in [2.75, 3.05) is 13.7 Å². The number of thiocarbonyl (C=S) groups is 1. The first-order chi connectivity index (χ1) is 13.1. The normalized spacial score (nSPS) is 10.3. The van der Waals surface area contributed by atoms with E-state index in [1.807, 2.05) is 55.5 Å². The minimum atomic E-state index is -0.298. The molecule has 1 aromatic heterocycles. The van der Waals surface area contributed by atoms with Crippen molar-refractivity contribution < 1.29 is 9.53 Å². The first kappa shape index (κ1) is 18.6. The van der Waals surface area contributed by atoms with Crippen LogP contribution in [0.5, 0.6) is 5.75 Å². The van der Waals surface area contributed by atoms with E-state index in [2.05, 4.69) is 16.2 Å². The number of nitrogens with one attached hydrogen (secondary N) is 3. The van der Waals surface area contributed by atoms with Crippen LogP contribution in [0.2, 0.25) is 0 Å². The van der Waals surface area contributed by atoms with Gasteiger partial charge in [-0.25, -0.2) is 4.98 Å². The zero-order chi connectivity index (χ0) is 19.2. The second-order valence-corrected chi connectivity index (χ2v) is 6.10. The number of pyridine rings is 1. The predicted molar refractivity (Wildman–Crippen MR) is 111 cm³/mol. The van der Waals surface area contributed by atoms with E-state index in [1.54, 1.807) is 13.1 Å². The maximum atomic E-state index is 12.7. The molecule has 0 atom stereocenters. The molecular formula is C20H20N4O2S. The molecule has 0 radical (unpaired) electrons. The van der Waals surface area contributed by atoms with Gasteiger partial charge in [0.2, 0.25) is 0 Å². The Labute approximate surface area is 162 Å². The summed E-state index contributed by atoms with van der Waals surface area (Å²) in [4.78, 5) is 17.4. The molecule has 1 heterocycles. The predicted octanol–water partition coefficient (Wildman–Crippen LogP) is 3.04. The average Bonchev–Trinajstić information content (AvgIpc) is 2.71. The quantitative estimate of drug-likeness (QED) is 0.477. The number of fused-ring (bicyclic) bond motifs is 1. The molecule has 138 valence electrons. The zero-order valence-corrected chi connectivity index (χ0v) is 15.9.